The topological polar surface area (TPSA) is 58.4 Å². The summed E-state index contributed by atoms with van der Waals surface area (Å²) in [7, 11) is 0. The highest BCUT2D eigenvalue weighted by Gasteiger charge is 2.34. The molecule has 0 unspecified atom stereocenters. The van der Waals surface area contributed by atoms with Gasteiger partial charge in [-0.3, -0.25) is 4.79 Å². The van der Waals surface area contributed by atoms with E-state index in [1.54, 1.807) is 0 Å². The van der Waals surface area contributed by atoms with Crippen molar-refractivity contribution in [2.75, 3.05) is 16.8 Å². The average Bonchev–Trinajstić information content (AvgIpc) is 3.25. The van der Waals surface area contributed by atoms with E-state index in [2.05, 4.69) is 47.4 Å². The Bertz CT molecular complexity index is 1350. The first kappa shape index (κ1) is 19.1. The number of carbonyl (C=O) groups is 1. The number of aromatic nitrogens is 1. The van der Waals surface area contributed by atoms with E-state index in [1.165, 1.54) is 12.0 Å². The molecule has 1 atom stereocenters. The van der Waals surface area contributed by atoms with E-state index in [9.17, 15) is 4.79 Å². The Labute approximate surface area is 187 Å². The molecule has 1 fully saturated rings. The van der Waals surface area contributed by atoms with Gasteiger partial charge in [0.15, 0.2) is 11.5 Å². The molecule has 0 spiro atoms. The predicted octanol–water partition coefficient (Wildman–Crippen LogP) is 6.47. The number of benzene rings is 3. The maximum atomic E-state index is 13.7. The lowest BCUT2D eigenvalue weighted by Crippen LogP contribution is -2.37. The molecule has 1 saturated heterocycles. The van der Waals surface area contributed by atoms with Crippen molar-refractivity contribution in [3.05, 3.63) is 71.3 Å². The lowest BCUT2D eigenvalue weighted by atomic mass is 9.86. The van der Waals surface area contributed by atoms with Crippen molar-refractivity contribution < 1.29 is 9.32 Å². The van der Waals surface area contributed by atoms with Crippen molar-refractivity contribution in [2.24, 2.45) is 0 Å². The number of carbonyl (C=O) groups excluding carboxylic acids is 1. The third-order valence-corrected chi connectivity index (χ3v) is 6.82. The van der Waals surface area contributed by atoms with E-state index in [0.717, 1.165) is 52.9 Å². The van der Waals surface area contributed by atoms with Crippen LogP contribution < -0.4 is 10.2 Å². The summed E-state index contributed by atoms with van der Waals surface area (Å²) < 4.78 is 5.90. The molecule has 1 aromatic heterocycles. The summed E-state index contributed by atoms with van der Waals surface area (Å²) in [6.45, 7) is 5.31. The highest BCUT2D eigenvalue weighted by Crippen LogP contribution is 2.47. The molecule has 160 valence electrons. The Morgan fingerprint density at radius 1 is 1.06 bits per heavy atom. The van der Waals surface area contributed by atoms with Gasteiger partial charge in [0.25, 0.3) is 0 Å². The smallest absolute Gasteiger partial charge is 0.196 e. The van der Waals surface area contributed by atoms with Crippen LogP contribution in [0.2, 0.25) is 0 Å². The highest BCUT2D eigenvalue weighted by molar-refractivity contribution is 6.28. The minimum absolute atomic E-state index is 0.00848. The normalized spacial score (nSPS) is 17.5. The van der Waals surface area contributed by atoms with Crippen molar-refractivity contribution in [2.45, 2.75) is 39.2 Å². The van der Waals surface area contributed by atoms with Gasteiger partial charge < -0.3 is 14.7 Å². The number of ketones is 1. The number of piperidine rings is 1. The molecule has 4 aromatic rings. The van der Waals surface area contributed by atoms with Gasteiger partial charge in [-0.25, -0.2) is 0 Å². The number of anilines is 3. The second-order valence-corrected chi connectivity index (χ2v) is 8.96. The maximum absolute atomic E-state index is 13.7. The van der Waals surface area contributed by atoms with Gasteiger partial charge in [-0.15, -0.1) is 0 Å². The monoisotopic (exact) mass is 423 g/mol. The number of nitrogens with zero attached hydrogens (tertiary/aromatic N) is 2. The van der Waals surface area contributed by atoms with Crippen LogP contribution in [0.5, 0.6) is 0 Å². The van der Waals surface area contributed by atoms with Crippen molar-refractivity contribution in [3.8, 4) is 11.3 Å². The largest absolute Gasteiger partial charge is 0.367 e. The Balaban J connectivity index is 1.62. The molecule has 1 N–H and O–H groups in total. The molecule has 2 aliphatic rings. The van der Waals surface area contributed by atoms with Gasteiger partial charge in [0.1, 0.15) is 5.52 Å². The SMILES string of the molecule is Cc1ccc(Nc2cc(N3CCCC[C@H]3C)c3noc4c3c2C(=O)c2ccccc2-4)cc1. The number of aryl methyl sites for hydroxylation is 1. The zero-order valence-electron chi connectivity index (χ0n) is 18.3. The molecule has 0 amide bonds. The van der Waals surface area contributed by atoms with Crippen molar-refractivity contribution in [1.82, 2.24) is 5.16 Å². The van der Waals surface area contributed by atoms with E-state index in [4.69, 9.17) is 4.52 Å². The Hall–Kier alpha value is -3.60. The standard InChI is InChI=1S/C27H25N3O2/c1-16-10-12-18(13-11-16)28-21-15-22(30-14-6-5-7-17(30)2)25-24-23(21)26(31)19-8-3-4-9-20(19)27(24)32-29-25/h3-4,8-13,15,17,28H,5-7,14H2,1-2H3/t17-/m1/s1. The summed E-state index contributed by atoms with van der Waals surface area (Å²) in [6.07, 6.45) is 3.54. The van der Waals surface area contributed by atoms with Crippen LogP contribution in [0, 0.1) is 6.92 Å². The van der Waals surface area contributed by atoms with E-state index in [0.29, 0.717) is 22.9 Å². The van der Waals surface area contributed by atoms with Crippen molar-refractivity contribution in [1.29, 1.82) is 0 Å². The van der Waals surface area contributed by atoms with Crippen LogP contribution in [0.3, 0.4) is 0 Å². The fraction of sp³-hybridized carbons (Fsp3) is 0.259. The molecule has 0 bridgehead atoms. The summed E-state index contributed by atoms with van der Waals surface area (Å²) in [5.74, 6) is 0.692. The molecule has 0 saturated carbocycles. The fourth-order valence-corrected chi connectivity index (χ4v) is 5.11. The molecular weight excluding hydrogens is 398 g/mol. The van der Waals surface area contributed by atoms with Gasteiger partial charge in [-0.1, -0.05) is 47.1 Å². The molecule has 1 aliphatic carbocycles. The molecule has 2 heterocycles. The molecule has 32 heavy (non-hydrogen) atoms. The minimum Gasteiger partial charge on any atom is -0.367 e. The van der Waals surface area contributed by atoms with Gasteiger partial charge in [0.05, 0.1) is 22.3 Å². The van der Waals surface area contributed by atoms with E-state index in [1.807, 2.05) is 36.4 Å². The van der Waals surface area contributed by atoms with E-state index in [-0.39, 0.29) is 5.78 Å². The fourth-order valence-electron chi connectivity index (χ4n) is 5.11. The van der Waals surface area contributed by atoms with Gasteiger partial charge in [0, 0.05) is 29.4 Å². The van der Waals surface area contributed by atoms with Crippen LogP contribution in [0.15, 0.2) is 59.1 Å². The molecule has 1 aliphatic heterocycles. The second kappa shape index (κ2) is 7.23. The number of nitrogens with one attached hydrogen (secondary N) is 1. The molecule has 3 aromatic carbocycles. The van der Waals surface area contributed by atoms with Gasteiger partial charge in [-0.05, 0) is 51.3 Å². The second-order valence-electron chi connectivity index (χ2n) is 8.96. The Kier molecular flexibility index (Phi) is 4.32. The number of fused-ring (bicyclic) bond motifs is 2. The number of rotatable bonds is 3. The Morgan fingerprint density at radius 2 is 1.84 bits per heavy atom. The molecule has 5 nitrogen and oxygen atoms in total. The van der Waals surface area contributed by atoms with Crippen molar-refractivity contribution >= 4 is 33.7 Å². The van der Waals surface area contributed by atoms with Crippen LogP contribution in [-0.2, 0) is 0 Å². The average molecular weight is 424 g/mol. The third kappa shape index (κ3) is 2.84. The van der Waals surface area contributed by atoms with Crippen LogP contribution in [0.1, 0.15) is 47.7 Å². The molecule has 6 rings (SSSR count). The van der Waals surface area contributed by atoms with Crippen molar-refractivity contribution in [3.63, 3.8) is 0 Å². The zero-order valence-corrected chi connectivity index (χ0v) is 18.3. The first-order chi connectivity index (χ1) is 15.6. The summed E-state index contributed by atoms with van der Waals surface area (Å²) in [5, 5.41) is 8.85. The molecule has 5 heteroatoms. The van der Waals surface area contributed by atoms with Crippen LogP contribution in [0.25, 0.3) is 22.2 Å². The van der Waals surface area contributed by atoms with Gasteiger partial charge >= 0.3 is 0 Å². The summed E-state index contributed by atoms with van der Waals surface area (Å²) in [5.41, 5.74) is 6.88. The summed E-state index contributed by atoms with van der Waals surface area (Å²) in [6, 6.07) is 18.4. The Morgan fingerprint density at radius 3 is 2.62 bits per heavy atom. The van der Waals surface area contributed by atoms with Gasteiger partial charge in [0.2, 0.25) is 0 Å². The number of hydrogen-bond donors (Lipinski definition) is 1. The zero-order chi connectivity index (χ0) is 21.8. The number of hydrogen-bond acceptors (Lipinski definition) is 5. The lowest BCUT2D eigenvalue weighted by Gasteiger charge is -2.36. The molecule has 0 radical (unpaired) electrons. The first-order valence-corrected chi connectivity index (χ1v) is 11.3. The highest BCUT2D eigenvalue weighted by atomic mass is 16.5. The lowest BCUT2D eigenvalue weighted by molar-refractivity contribution is 0.104. The van der Waals surface area contributed by atoms with E-state index < -0.39 is 0 Å². The summed E-state index contributed by atoms with van der Waals surface area (Å²) in [4.78, 5) is 16.1. The minimum atomic E-state index is 0.00848. The maximum Gasteiger partial charge on any atom is 0.196 e. The van der Waals surface area contributed by atoms with Crippen LogP contribution in [0.4, 0.5) is 17.1 Å². The first-order valence-electron chi connectivity index (χ1n) is 11.3. The predicted molar refractivity (Wildman–Crippen MR) is 128 cm³/mol. The molecular formula is C27H25N3O2. The summed E-state index contributed by atoms with van der Waals surface area (Å²) >= 11 is 0. The third-order valence-electron chi connectivity index (χ3n) is 6.82. The van der Waals surface area contributed by atoms with E-state index >= 15 is 0 Å². The quantitative estimate of drug-likeness (QED) is 0.360. The van der Waals surface area contributed by atoms with Crippen LogP contribution >= 0.6 is 0 Å². The van der Waals surface area contributed by atoms with Crippen LogP contribution in [-0.4, -0.2) is 23.5 Å². The van der Waals surface area contributed by atoms with Gasteiger partial charge in [-0.2, -0.15) is 0 Å².